The number of H-pyrrole nitrogens is 2. The van der Waals surface area contributed by atoms with Crippen LogP contribution in [-0.4, -0.2) is 33.0 Å². The van der Waals surface area contributed by atoms with E-state index < -0.39 is 0 Å². The normalized spacial score (nSPS) is 23.5. The Balaban J connectivity index is 1.04. The van der Waals surface area contributed by atoms with Crippen LogP contribution in [0.25, 0.3) is 44.4 Å². The number of hydrogen-bond acceptors (Lipinski definition) is 5. The van der Waals surface area contributed by atoms with E-state index in [-0.39, 0.29) is 23.1 Å². The summed E-state index contributed by atoms with van der Waals surface area (Å²) < 4.78 is 0. The van der Waals surface area contributed by atoms with E-state index in [1.54, 1.807) is 0 Å². The fraction of sp³-hybridized carbons (Fsp3) is 0.452. The SMILES string of the molecule is CC1(C)CN[C@H](c2ncc(-c3ccc(-c4ccc(-c5ccc6nc([C@@H]7CC(C)(C)CN7)[nH]c(=O)c6c5)c5c4CC4(CCCC4)C5)cc3)[nH]2)C1. The van der Waals surface area contributed by atoms with Crippen molar-refractivity contribution in [2.45, 2.75) is 91.1 Å². The monoisotopic (exact) mass is 652 g/mol. The van der Waals surface area contributed by atoms with Crippen LogP contribution in [0.5, 0.6) is 0 Å². The first-order valence-corrected chi connectivity index (χ1v) is 18.4. The molecule has 2 aromatic heterocycles. The molecule has 1 saturated carbocycles. The van der Waals surface area contributed by atoms with E-state index in [1.165, 1.54) is 53.5 Å². The molecule has 0 bridgehead atoms. The smallest absolute Gasteiger partial charge is 0.258 e. The van der Waals surface area contributed by atoms with Gasteiger partial charge < -0.3 is 20.6 Å². The topological polar surface area (TPSA) is 98.5 Å². The molecule has 9 rings (SSSR count). The van der Waals surface area contributed by atoms with Crippen molar-refractivity contribution in [2.24, 2.45) is 16.2 Å². The number of imidazole rings is 1. The Bertz CT molecular complexity index is 2130. The van der Waals surface area contributed by atoms with Gasteiger partial charge in [-0.2, -0.15) is 0 Å². The number of fused-ring (bicyclic) bond motifs is 2. The van der Waals surface area contributed by atoms with E-state index >= 15 is 0 Å². The molecule has 49 heavy (non-hydrogen) atoms. The Morgan fingerprint density at radius 3 is 1.92 bits per heavy atom. The molecule has 2 aliphatic heterocycles. The van der Waals surface area contributed by atoms with Crippen LogP contribution in [-0.2, 0) is 12.8 Å². The lowest BCUT2D eigenvalue weighted by Crippen LogP contribution is -2.21. The van der Waals surface area contributed by atoms with Gasteiger partial charge in [-0.25, -0.2) is 9.97 Å². The van der Waals surface area contributed by atoms with Gasteiger partial charge >= 0.3 is 0 Å². The van der Waals surface area contributed by atoms with Crippen molar-refractivity contribution in [3.05, 3.63) is 93.9 Å². The lowest BCUT2D eigenvalue weighted by Gasteiger charge is -2.22. The highest BCUT2D eigenvalue weighted by molar-refractivity contribution is 5.86. The van der Waals surface area contributed by atoms with Gasteiger partial charge in [0, 0.05) is 13.1 Å². The molecule has 2 saturated heterocycles. The molecule has 5 aromatic rings. The van der Waals surface area contributed by atoms with E-state index in [0.717, 1.165) is 72.8 Å². The average Bonchev–Trinajstić information content (AvgIpc) is 3.92. The number of rotatable bonds is 5. The van der Waals surface area contributed by atoms with Crippen LogP contribution < -0.4 is 16.2 Å². The lowest BCUT2D eigenvalue weighted by molar-refractivity contribution is 0.318. The first kappa shape index (κ1) is 30.9. The van der Waals surface area contributed by atoms with E-state index in [9.17, 15) is 4.79 Å². The van der Waals surface area contributed by atoms with Gasteiger partial charge in [0.05, 0.1) is 34.9 Å². The summed E-state index contributed by atoms with van der Waals surface area (Å²) in [4.78, 5) is 29.9. The van der Waals surface area contributed by atoms with Crippen molar-refractivity contribution in [1.29, 1.82) is 0 Å². The van der Waals surface area contributed by atoms with E-state index in [4.69, 9.17) is 9.97 Å². The maximum absolute atomic E-state index is 13.5. The predicted octanol–water partition coefficient (Wildman–Crippen LogP) is 8.43. The molecule has 4 N–H and O–H groups in total. The van der Waals surface area contributed by atoms with Gasteiger partial charge in [-0.1, -0.05) is 83.0 Å². The Morgan fingerprint density at radius 2 is 1.29 bits per heavy atom. The van der Waals surface area contributed by atoms with E-state index in [0.29, 0.717) is 16.2 Å². The van der Waals surface area contributed by atoms with Gasteiger partial charge in [0.15, 0.2) is 0 Å². The Morgan fingerprint density at radius 1 is 0.694 bits per heavy atom. The third-order valence-corrected chi connectivity index (χ3v) is 12.2. The molecule has 0 unspecified atom stereocenters. The molecule has 252 valence electrons. The van der Waals surface area contributed by atoms with Gasteiger partial charge in [-0.3, -0.25) is 4.79 Å². The summed E-state index contributed by atoms with van der Waals surface area (Å²) >= 11 is 0. The summed E-state index contributed by atoms with van der Waals surface area (Å²) in [5.41, 5.74) is 11.7. The van der Waals surface area contributed by atoms with Crippen molar-refractivity contribution in [1.82, 2.24) is 30.6 Å². The van der Waals surface area contributed by atoms with Gasteiger partial charge in [-0.05, 0) is 106 Å². The molecule has 7 nitrogen and oxygen atoms in total. The molecule has 3 aromatic carbocycles. The Labute approximate surface area is 288 Å². The number of aromatic nitrogens is 4. The minimum Gasteiger partial charge on any atom is -0.341 e. The third kappa shape index (κ3) is 5.55. The van der Waals surface area contributed by atoms with Crippen molar-refractivity contribution in [3.8, 4) is 33.5 Å². The molecule has 0 radical (unpaired) electrons. The quantitative estimate of drug-likeness (QED) is 0.153. The number of nitrogens with zero attached hydrogens (tertiary/aromatic N) is 2. The number of hydrogen-bond donors (Lipinski definition) is 4. The number of benzene rings is 3. The van der Waals surface area contributed by atoms with Crippen LogP contribution in [0.3, 0.4) is 0 Å². The van der Waals surface area contributed by atoms with Crippen LogP contribution in [0, 0.1) is 16.2 Å². The summed E-state index contributed by atoms with van der Waals surface area (Å²) in [6, 6.07) is 20.3. The standard InChI is InChI=1S/C42H48N6O/c1-40(2)20-34(44-23-40)37-43-22-36(47-37)26-9-7-25(8-10-26)28-12-13-29(32-19-42(18-31(28)32)15-5-6-16-42)27-11-14-33-30(17-27)39(49)48-38(46-33)35-21-41(3,4)24-45-35/h7-14,17,22,34-35,44-45H,5-6,15-16,18-21,23-24H2,1-4H3,(H,43,47)(H,46,48,49)/t34-,35-/m0/s1. The number of aromatic amines is 2. The molecule has 1 spiro atoms. The number of nitrogens with one attached hydrogen (secondary N) is 4. The zero-order valence-electron chi connectivity index (χ0n) is 29.3. The Kier molecular flexibility index (Phi) is 7.09. The van der Waals surface area contributed by atoms with E-state index in [2.05, 4.69) is 96.8 Å². The second kappa shape index (κ2) is 11.2. The summed E-state index contributed by atoms with van der Waals surface area (Å²) in [5, 5.41) is 7.84. The van der Waals surface area contributed by atoms with Crippen LogP contribution in [0.4, 0.5) is 0 Å². The van der Waals surface area contributed by atoms with Crippen molar-refractivity contribution in [2.75, 3.05) is 13.1 Å². The first-order valence-electron chi connectivity index (χ1n) is 18.4. The lowest BCUT2D eigenvalue weighted by atomic mass is 9.82. The van der Waals surface area contributed by atoms with Crippen LogP contribution in [0.1, 0.15) is 101 Å². The zero-order chi connectivity index (χ0) is 33.5. The van der Waals surface area contributed by atoms with E-state index in [1.807, 2.05) is 12.3 Å². The molecule has 2 atom stereocenters. The van der Waals surface area contributed by atoms with Crippen molar-refractivity contribution in [3.63, 3.8) is 0 Å². The molecular formula is C42H48N6O. The maximum Gasteiger partial charge on any atom is 0.258 e. The highest BCUT2D eigenvalue weighted by Gasteiger charge is 2.42. The fourth-order valence-electron chi connectivity index (χ4n) is 9.49. The zero-order valence-corrected chi connectivity index (χ0v) is 29.3. The third-order valence-electron chi connectivity index (χ3n) is 12.2. The fourth-order valence-corrected chi connectivity index (χ4v) is 9.49. The molecule has 4 aliphatic rings. The summed E-state index contributed by atoms with van der Waals surface area (Å²) in [5.74, 6) is 1.78. The summed E-state index contributed by atoms with van der Waals surface area (Å²) in [6.07, 6.45) is 11.5. The predicted molar refractivity (Wildman–Crippen MR) is 197 cm³/mol. The molecule has 2 aliphatic carbocycles. The second-order valence-corrected chi connectivity index (χ2v) is 17.2. The van der Waals surface area contributed by atoms with Gasteiger partial charge in [0.1, 0.15) is 11.6 Å². The largest absolute Gasteiger partial charge is 0.341 e. The van der Waals surface area contributed by atoms with Crippen molar-refractivity contribution < 1.29 is 0 Å². The van der Waals surface area contributed by atoms with Gasteiger partial charge in [0.2, 0.25) is 0 Å². The molecule has 4 heterocycles. The highest BCUT2D eigenvalue weighted by Crippen LogP contribution is 2.53. The van der Waals surface area contributed by atoms with Gasteiger partial charge in [-0.15, -0.1) is 0 Å². The highest BCUT2D eigenvalue weighted by atomic mass is 16.1. The van der Waals surface area contributed by atoms with Gasteiger partial charge in [0.25, 0.3) is 5.56 Å². The minimum absolute atomic E-state index is 0.0540. The van der Waals surface area contributed by atoms with Crippen molar-refractivity contribution >= 4 is 10.9 Å². The molecule has 7 heteroatoms. The molecular weight excluding hydrogens is 605 g/mol. The van der Waals surface area contributed by atoms with Crippen LogP contribution >= 0.6 is 0 Å². The Hall–Kier alpha value is -4.07. The molecule has 0 amide bonds. The second-order valence-electron chi connectivity index (χ2n) is 17.2. The summed E-state index contributed by atoms with van der Waals surface area (Å²) in [7, 11) is 0. The minimum atomic E-state index is -0.0540. The molecule has 3 fully saturated rings. The summed E-state index contributed by atoms with van der Waals surface area (Å²) in [6.45, 7) is 11.1. The van der Waals surface area contributed by atoms with Crippen LogP contribution in [0.15, 0.2) is 65.6 Å². The maximum atomic E-state index is 13.5. The first-order chi connectivity index (χ1) is 23.5. The van der Waals surface area contributed by atoms with Crippen LogP contribution in [0.2, 0.25) is 0 Å². The average molecular weight is 653 g/mol.